The van der Waals surface area contributed by atoms with Crippen LogP contribution in [0.15, 0.2) is 54.7 Å². The molecule has 4 rings (SSSR count). The van der Waals surface area contributed by atoms with Crippen LogP contribution < -0.4 is 4.90 Å². The lowest BCUT2D eigenvalue weighted by molar-refractivity contribution is -0.117. The molecule has 3 aromatic rings. The number of carbonyl (C=O) groups is 1. The van der Waals surface area contributed by atoms with E-state index in [2.05, 4.69) is 16.0 Å². The van der Waals surface area contributed by atoms with E-state index in [9.17, 15) is 4.79 Å². The molecule has 0 spiro atoms. The molecule has 0 bridgehead atoms. The van der Waals surface area contributed by atoms with Crippen LogP contribution in [0, 0.1) is 19.8 Å². The lowest BCUT2D eigenvalue weighted by atomic mass is 10.0. The summed E-state index contributed by atoms with van der Waals surface area (Å²) in [5.74, 6) is 1.17. The number of benzene rings is 1. The molecule has 1 saturated heterocycles. The number of para-hydroxylation sites is 1. The van der Waals surface area contributed by atoms with Gasteiger partial charge in [-0.15, -0.1) is 0 Å². The molecule has 0 unspecified atom stereocenters. The van der Waals surface area contributed by atoms with Crippen LogP contribution in [0.1, 0.15) is 23.6 Å². The molecule has 5 heteroatoms. The highest BCUT2D eigenvalue weighted by molar-refractivity contribution is 5.95. The van der Waals surface area contributed by atoms with Crippen LogP contribution >= 0.6 is 0 Å². The van der Waals surface area contributed by atoms with Crippen molar-refractivity contribution in [2.45, 2.75) is 26.7 Å². The zero-order valence-electron chi connectivity index (χ0n) is 15.6. The van der Waals surface area contributed by atoms with Gasteiger partial charge in [0, 0.05) is 48.2 Å². The molecule has 0 saturated carbocycles. The number of amides is 1. The van der Waals surface area contributed by atoms with Crippen LogP contribution in [0.4, 0.5) is 5.69 Å². The highest BCUT2D eigenvalue weighted by Crippen LogP contribution is 2.27. The molecule has 1 fully saturated rings. The first-order valence-electron chi connectivity index (χ1n) is 9.22. The molecule has 1 amide bonds. The van der Waals surface area contributed by atoms with Crippen molar-refractivity contribution in [2.75, 3.05) is 11.4 Å². The highest BCUT2D eigenvalue weighted by atomic mass is 16.2. The number of rotatable bonds is 4. The van der Waals surface area contributed by atoms with Crippen LogP contribution in [0.25, 0.3) is 11.3 Å². The molecule has 1 atom stereocenters. The smallest absolute Gasteiger partial charge is 0.227 e. The Kier molecular flexibility index (Phi) is 4.67. The van der Waals surface area contributed by atoms with Crippen molar-refractivity contribution in [3.8, 4) is 11.3 Å². The van der Waals surface area contributed by atoms with Gasteiger partial charge >= 0.3 is 0 Å². The highest BCUT2D eigenvalue weighted by Gasteiger charge is 2.31. The number of nitrogens with zero attached hydrogens (tertiary/aromatic N) is 4. The fraction of sp³-hybridized carbons (Fsp3) is 0.273. The van der Waals surface area contributed by atoms with Gasteiger partial charge < -0.3 is 4.90 Å². The molecule has 0 N–H and O–H groups in total. The van der Waals surface area contributed by atoms with Gasteiger partial charge in [-0.2, -0.15) is 0 Å². The Hall–Kier alpha value is -3.08. The van der Waals surface area contributed by atoms with Crippen molar-refractivity contribution >= 4 is 11.6 Å². The summed E-state index contributed by atoms with van der Waals surface area (Å²) < 4.78 is 0. The largest absolute Gasteiger partial charge is 0.312 e. The third kappa shape index (κ3) is 3.72. The normalized spacial score (nSPS) is 16.7. The predicted molar refractivity (Wildman–Crippen MR) is 105 cm³/mol. The Morgan fingerprint density at radius 3 is 2.63 bits per heavy atom. The van der Waals surface area contributed by atoms with Gasteiger partial charge in [-0.05, 0) is 50.1 Å². The molecule has 0 aliphatic carbocycles. The van der Waals surface area contributed by atoms with Crippen molar-refractivity contribution < 1.29 is 4.79 Å². The summed E-state index contributed by atoms with van der Waals surface area (Å²) in [6, 6.07) is 15.8. The van der Waals surface area contributed by atoms with Gasteiger partial charge in [0.1, 0.15) is 5.82 Å². The number of carbonyl (C=O) groups excluding carboxylic acids is 1. The Labute approximate surface area is 159 Å². The number of hydrogen-bond donors (Lipinski definition) is 0. The van der Waals surface area contributed by atoms with E-state index in [1.807, 2.05) is 61.2 Å². The quantitative estimate of drug-likeness (QED) is 0.713. The van der Waals surface area contributed by atoms with Gasteiger partial charge in [-0.25, -0.2) is 9.97 Å². The number of aryl methyl sites for hydroxylation is 2. The van der Waals surface area contributed by atoms with Crippen LogP contribution in [0.2, 0.25) is 0 Å². The third-order valence-electron chi connectivity index (χ3n) is 4.95. The predicted octanol–water partition coefficient (Wildman–Crippen LogP) is 3.75. The Balaban J connectivity index is 1.51. The van der Waals surface area contributed by atoms with E-state index in [0.717, 1.165) is 34.2 Å². The molecule has 3 heterocycles. The lowest BCUT2D eigenvalue weighted by Gasteiger charge is -2.16. The number of anilines is 1. The summed E-state index contributed by atoms with van der Waals surface area (Å²) >= 11 is 0. The third-order valence-corrected chi connectivity index (χ3v) is 4.95. The second kappa shape index (κ2) is 7.27. The van der Waals surface area contributed by atoms with Gasteiger partial charge in [0.15, 0.2) is 0 Å². The average molecular weight is 358 g/mol. The van der Waals surface area contributed by atoms with E-state index in [1.54, 1.807) is 6.20 Å². The summed E-state index contributed by atoms with van der Waals surface area (Å²) in [6.45, 7) is 4.69. The molecule has 1 aliphatic heterocycles. The van der Waals surface area contributed by atoms with Gasteiger partial charge in [-0.3, -0.25) is 9.78 Å². The maximum Gasteiger partial charge on any atom is 0.227 e. The minimum absolute atomic E-state index is 0.168. The zero-order chi connectivity index (χ0) is 18.8. The SMILES string of the molecule is Cc1ccc(-c2ccnc(C[C@H]3CC(=O)N(c4ccccc4)C3)n2)c(C)n1. The van der Waals surface area contributed by atoms with E-state index in [-0.39, 0.29) is 11.8 Å². The van der Waals surface area contributed by atoms with E-state index in [1.165, 1.54) is 0 Å². The number of hydrogen-bond acceptors (Lipinski definition) is 4. The fourth-order valence-corrected chi connectivity index (χ4v) is 3.64. The lowest BCUT2D eigenvalue weighted by Crippen LogP contribution is -2.24. The first-order valence-corrected chi connectivity index (χ1v) is 9.22. The standard InChI is InChI=1S/C22H22N4O/c1-15-8-9-19(16(2)24-15)20-10-11-23-21(25-20)12-17-13-22(27)26(14-17)18-6-4-3-5-7-18/h3-11,17H,12-14H2,1-2H3/t17-/m0/s1. The van der Waals surface area contributed by atoms with Crippen LogP contribution in [0.5, 0.6) is 0 Å². The molecule has 0 radical (unpaired) electrons. The Morgan fingerprint density at radius 1 is 1.04 bits per heavy atom. The van der Waals surface area contributed by atoms with Gasteiger partial charge in [0.25, 0.3) is 0 Å². The first kappa shape index (κ1) is 17.3. The van der Waals surface area contributed by atoms with E-state index in [4.69, 9.17) is 4.98 Å². The number of pyridine rings is 1. The number of aromatic nitrogens is 3. The van der Waals surface area contributed by atoms with E-state index >= 15 is 0 Å². The van der Waals surface area contributed by atoms with Crippen molar-refractivity contribution in [2.24, 2.45) is 5.92 Å². The molecular weight excluding hydrogens is 336 g/mol. The summed E-state index contributed by atoms with van der Waals surface area (Å²) in [7, 11) is 0. The first-order chi connectivity index (χ1) is 13.1. The molecule has 2 aromatic heterocycles. The van der Waals surface area contributed by atoms with Crippen molar-refractivity contribution in [3.63, 3.8) is 0 Å². The monoisotopic (exact) mass is 358 g/mol. The topological polar surface area (TPSA) is 59.0 Å². The maximum absolute atomic E-state index is 12.4. The molecule has 1 aromatic carbocycles. The molecule has 136 valence electrons. The van der Waals surface area contributed by atoms with Crippen LogP contribution in [0.3, 0.4) is 0 Å². The Morgan fingerprint density at radius 2 is 1.85 bits per heavy atom. The minimum atomic E-state index is 0.168. The van der Waals surface area contributed by atoms with Gasteiger partial charge in [0.2, 0.25) is 5.91 Å². The Bertz CT molecular complexity index is 971. The molecular formula is C22H22N4O. The summed E-state index contributed by atoms with van der Waals surface area (Å²) in [6.07, 6.45) is 3.03. The molecule has 27 heavy (non-hydrogen) atoms. The summed E-state index contributed by atoms with van der Waals surface area (Å²) in [4.78, 5) is 28.0. The van der Waals surface area contributed by atoms with Crippen molar-refractivity contribution in [1.82, 2.24) is 15.0 Å². The fourth-order valence-electron chi connectivity index (χ4n) is 3.64. The second-order valence-corrected chi connectivity index (χ2v) is 7.06. The minimum Gasteiger partial charge on any atom is -0.312 e. The van der Waals surface area contributed by atoms with Gasteiger partial charge in [0.05, 0.1) is 5.69 Å². The van der Waals surface area contributed by atoms with Crippen molar-refractivity contribution in [1.29, 1.82) is 0 Å². The van der Waals surface area contributed by atoms with E-state index < -0.39 is 0 Å². The molecule has 5 nitrogen and oxygen atoms in total. The molecule has 1 aliphatic rings. The summed E-state index contributed by atoms with van der Waals surface area (Å²) in [5, 5.41) is 0. The summed E-state index contributed by atoms with van der Waals surface area (Å²) in [5.41, 5.74) is 4.83. The van der Waals surface area contributed by atoms with Gasteiger partial charge in [-0.1, -0.05) is 18.2 Å². The average Bonchev–Trinajstić information content (AvgIpc) is 3.03. The van der Waals surface area contributed by atoms with E-state index in [0.29, 0.717) is 19.4 Å². The maximum atomic E-state index is 12.4. The second-order valence-electron chi connectivity index (χ2n) is 7.06. The van der Waals surface area contributed by atoms with Crippen molar-refractivity contribution in [3.05, 3.63) is 71.9 Å². The van der Waals surface area contributed by atoms with Crippen LogP contribution in [-0.4, -0.2) is 27.4 Å². The zero-order valence-corrected chi connectivity index (χ0v) is 15.6. The van der Waals surface area contributed by atoms with Crippen LogP contribution in [-0.2, 0) is 11.2 Å².